The summed E-state index contributed by atoms with van der Waals surface area (Å²) < 4.78 is 5.45. The van der Waals surface area contributed by atoms with E-state index in [9.17, 15) is 9.59 Å². The topological polar surface area (TPSA) is 53.1 Å². The Morgan fingerprint density at radius 3 is 2.35 bits per heavy atom. The fourth-order valence-corrected chi connectivity index (χ4v) is 5.11. The quantitative estimate of drug-likeness (QED) is 0.626. The normalized spacial score (nSPS) is 18.3. The van der Waals surface area contributed by atoms with Crippen molar-refractivity contribution in [1.82, 2.24) is 9.80 Å². The molecule has 6 nitrogen and oxygen atoms in total. The smallest absolute Gasteiger partial charge is 0.230 e. The lowest BCUT2D eigenvalue weighted by Gasteiger charge is -2.36. The van der Waals surface area contributed by atoms with Crippen molar-refractivity contribution in [3.8, 4) is 5.75 Å². The third-order valence-electron chi connectivity index (χ3n) is 7.14. The second kappa shape index (κ2) is 12.0. The van der Waals surface area contributed by atoms with Crippen LogP contribution in [0.5, 0.6) is 5.75 Å². The first-order valence-corrected chi connectivity index (χ1v) is 12.6. The summed E-state index contributed by atoms with van der Waals surface area (Å²) in [6.45, 7) is 6.02. The second-order valence-electron chi connectivity index (χ2n) is 9.35. The van der Waals surface area contributed by atoms with Gasteiger partial charge in [0.15, 0.2) is 0 Å². The van der Waals surface area contributed by atoms with Crippen LogP contribution < -0.4 is 15.1 Å². The summed E-state index contributed by atoms with van der Waals surface area (Å²) in [5.74, 6) is 0.887. The molecule has 0 spiro atoms. The number of likely N-dealkylation sites (tertiary alicyclic amines) is 1. The Kier molecular flexibility index (Phi) is 8.58. The average Bonchev–Trinajstić information content (AvgIpc) is 3.27. The maximum atomic E-state index is 13.7. The molecule has 6 heteroatoms. The van der Waals surface area contributed by atoms with E-state index in [1.165, 1.54) is 12.8 Å². The molecule has 0 aromatic heterocycles. The number of rotatable bonds is 7. The van der Waals surface area contributed by atoms with Crippen LogP contribution in [0.3, 0.4) is 0 Å². The zero-order valence-electron chi connectivity index (χ0n) is 20.3. The molecule has 2 fully saturated rings. The van der Waals surface area contributed by atoms with E-state index < -0.39 is 0 Å². The van der Waals surface area contributed by atoms with Gasteiger partial charge in [-0.25, -0.2) is 0 Å². The van der Waals surface area contributed by atoms with Gasteiger partial charge in [0, 0.05) is 39.3 Å². The molecule has 1 atom stereocenters. The summed E-state index contributed by atoms with van der Waals surface area (Å²) >= 11 is 0. The van der Waals surface area contributed by atoms with Gasteiger partial charge in [0.05, 0.1) is 18.7 Å². The number of ether oxygens (including phenoxy) is 1. The fourth-order valence-electron chi connectivity index (χ4n) is 5.11. The zero-order valence-corrected chi connectivity index (χ0v) is 20.3. The zero-order chi connectivity index (χ0) is 23.8. The first-order chi connectivity index (χ1) is 16.7. The summed E-state index contributed by atoms with van der Waals surface area (Å²) in [6, 6.07) is 17.2. The molecule has 1 amide bonds. The van der Waals surface area contributed by atoms with Gasteiger partial charge in [-0.3, -0.25) is 14.5 Å². The average molecular weight is 464 g/mol. The van der Waals surface area contributed by atoms with Crippen LogP contribution in [0.4, 0.5) is 5.69 Å². The largest absolute Gasteiger partial charge is 0.497 e. The van der Waals surface area contributed by atoms with Crippen LogP contribution in [0.15, 0.2) is 59.4 Å². The number of hydrogen-bond donors (Lipinski definition) is 0. The van der Waals surface area contributed by atoms with Crippen molar-refractivity contribution in [1.29, 1.82) is 0 Å². The predicted octanol–water partition coefficient (Wildman–Crippen LogP) is 3.75. The van der Waals surface area contributed by atoms with Gasteiger partial charge in [0.25, 0.3) is 0 Å². The molecule has 2 saturated heterocycles. The van der Waals surface area contributed by atoms with Gasteiger partial charge in [-0.05, 0) is 55.6 Å². The molecule has 1 unspecified atom stereocenters. The molecule has 2 aromatic rings. The van der Waals surface area contributed by atoms with Crippen LogP contribution in [-0.2, 0) is 4.79 Å². The third kappa shape index (κ3) is 6.17. The summed E-state index contributed by atoms with van der Waals surface area (Å²) in [4.78, 5) is 32.7. The number of carbonyl (C=O) groups excluding carboxylic acids is 1. The molecule has 2 heterocycles. The summed E-state index contributed by atoms with van der Waals surface area (Å²) in [5, 5.41) is 0. The molecule has 0 radical (unpaired) electrons. The van der Waals surface area contributed by atoms with Gasteiger partial charge in [-0.15, -0.1) is 0 Å². The molecule has 182 valence electrons. The van der Waals surface area contributed by atoms with Crippen molar-refractivity contribution in [2.75, 3.05) is 57.8 Å². The van der Waals surface area contributed by atoms with Gasteiger partial charge in [0.2, 0.25) is 11.3 Å². The number of methoxy groups -OCH3 is 1. The van der Waals surface area contributed by atoms with E-state index in [2.05, 4.69) is 20.8 Å². The summed E-state index contributed by atoms with van der Waals surface area (Å²) in [7, 11) is 1.67. The van der Waals surface area contributed by atoms with Gasteiger partial charge in [-0.2, -0.15) is 0 Å². The number of nitrogens with zero attached hydrogens (tertiary/aromatic N) is 3. The number of benzene rings is 1. The van der Waals surface area contributed by atoms with Crippen molar-refractivity contribution in [2.24, 2.45) is 0 Å². The highest BCUT2D eigenvalue weighted by molar-refractivity contribution is 5.84. The molecule has 0 bridgehead atoms. The first-order valence-electron chi connectivity index (χ1n) is 12.6. The number of piperazine rings is 1. The molecule has 0 saturated carbocycles. The third-order valence-corrected chi connectivity index (χ3v) is 7.14. The number of anilines is 1. The highest BCUT2D eigenvalue weighted by atomic mass is 16.5. The van der Waals surface area contributed by atoms with Crippen LogP contribution >= 0.6 is 0 Å². The Balaban J connectivity index is 1.42. The van der Waals surface area contributed by atoms with Crippen molar-refractivity contribution in [2.45, 2.75) is 38.0 Å². The van der Waals surface area contributed by atoms with Crippen molar-refractivity contribution >= 4 is 11.6 Å². The lowest BCUT2D eigenvalue weighted by Crippen LogP contribution is -2.48. The lowest BCUT2D eigenvalue weighted by atomic mass is 9.93. The predicted molar refractivity (Wildman–Crippen MR) is 137 cm³/mol. The van der Waals surface area contributed by atoms with Crippen molar-refractivity contribution in [3.05, 3.63) is 70.4 Å². The fraction of sp³-hybridized carbons (Fsp3) is 0.500. The molecule has 2 aromatic carbocycles. The van der Waals surface area contributed by atoms with E-state index >= 15 is 0 Å². The van der Waals surface area contributed by atoms with E-state index in [1.807, 2.05) is 36.4 Å². The van der Waals surface area contributed by atoms with Crippen LogP contribution in [-0.4, -0.2) is 68.6 Å². The molecule has 4 rings (SSSR count). The van der Waals surface area contributed by atoms with Crippen LogP contribution in [0.2, 0.25) is 0 Å². The van der Waals surface area contributed by atoms with Gasteiger partial charge < -0.3 is 14.5 Å². The minimum atomic E-state index is -0.160. The van der Waals surface area contributed by atoms with Crippen LogP contribution in [0.1, 0.15) is 43.6 Å². The Morgan fingerprint density at radius 2 is 1.62 bits per heavy atom. The Labute approximate surface area is 203 Å². The van der Waals surface area contributed by atoms with E-state index in [4.69, 9.17) is 4.74 Å². The Morgan fingerprint density at radius 1 is 0.882 bits per heavy atom. The lowest BCUT2D eigenvalue weighted by molar-refractivity contribution is -0.133. The number of hydrogen-bond acceptors (Lipinski definition) is 5. The molecule has 34 heavy (non-hydrogen) atoms. The van der Waals surface area contributed by atoms with Crippen LogP contribution in [0.25, 0.3) is 0 Å². The maximum Gasteiger partial charge on any atom is 0.230 e. The van der Waals surface area contributed by atoms with E-state index in [0.717, 1.165) is 82.1 Å². The second-order valence-corrected chi connectivity index (χ2v) is 9.35. The number of amides is 1. The van der Waals surface area contributed by atoms with Crippen molar-refractivity contribution < 1.29 is 9.53 Å². The minimum absolute atomic E-state index is 0.0691. The van der Waals surface area contributed by atoms with E-state index in [1.54, 1.807) is 19.2 Å². The summed E-state index contributed by atoms with van der Waals surface area (Å²) in [6.07, 6.45) is 5.40. The highest BCUT2D eigenvalue weighted by Gasteiger charge is 2.28. The van der Waals surface area contributed by atoms with E-state index in [0.29, 0.717) is 0 Å². The Bertz CT molecular complexity index is 996. The van der Waals surface area contributed by atoms with Crippen molar-refractivity contribution in [3.63, 3.8) is 0 Å². The first kappa shape index (κ1) is 24.3. The molecule has 2 aliphatic heterocycles. The standard InChI is InChI=1S/C28H37N3O3/c1-34-24-11-9-10-23(22-24)25(28(33)31-15-7-2-3-8-16-31)14-17-29-18-20-30(21-19-29)26-12-5-4-6-13-27(26)32/h4-6,9-13,22,25H,2-3,7-8,14-21H2,1H3. The number of carbonyl (C=O) groups is 1. The Hall–Kier alpha value is -2.86. The summed E-state index contributed by atoms with van der Waals surface area (Å²) in [5.41, 5.74) is 1.88. The van der Waals surface area contributed by atoms with Gasteiger partial charge in [-0.1, -0.05) is 43.2 Å². The molecule has 2 aliphatic rings. The van der Waals surface area contributed by atoms with Gasteiger partial charge >= 0.3 is 0 Å². The SMILES string of the molecule is COc1cccc(C(CCN2CCN(c3cccccc3=O)CC2)C(=O)N2CCCCCC2)c1. The minimum Gasteiger partial charge on any atom is -0.497 e. The van der Waals surface area contributed by atoms with E-state index in [-0.39, 0.29) is 17.3 Å². The maximum absolute atomic E-state index is 13.7. The monoisotopic (exact) mass is 463 g/mol. The molecular formula is C28H37N3O3. The molecule has 0 N–H and O–H groups in total. The highest BCUT2D eigenvalue weighted by Crippen LogP contribution is 2.28. The van der Waals surface area contributed by atoms with Gasteiger partial charge in [0.1, 0.15) is 5.75 Å². The molecule has 0 aliphatic carbocycles. The molecular weight excluding hydrogens is 426 g/mol. The van der Waals surface area contributed by atoms with Crippen LogP contribution in [0, 0.1) is 0 Å².